The zero-order valence-electron chi connectivity index (χ0n) is 10.8. The van der Waals surface area contributed by atoms with Crippen molar-refractivity contribution in [2.45, 2.75) is 18.9 Å². The van der Waals surface area contributed by atoms with Crippen LogP contribution in [0.2, 0.25) is 0 Å². The van der Waals surface area contributed by atoms with E-state index in [1.54, 1.807) is 0 Å². The fourth-order valence-electron chi connectivity index (χ4n) is 2.60. The zero-order chi connectivity index (χ0) is 13.2. The van der Waals surface area contributed by atoms with Gasteiger partial charge < -0.3 is 5.73 Å². The van der Waals surface area contributed by atoms with Crippen molar-refractivity contribution >= 4 is 17.5 Å². The Morgan fingerprint density at radius 1 is 1.26 bits per heavy atom. The maximum Gasteiger partial charge on any atom is 0.260 e. The third-order valence-corrected chi connectivity index (χ3v) is 3.76. The molecule has 1 aliphatic carbocycles. The summed E-state index contributed by atoms with van der Waals surface area (Å²) < 4.78 is 0. The summed E-state index contributed by atoms with van der Waals surface area (Å²) in [5, 5.41) is 0. The summed E-state index contributed by atoms with van der Waals surface area (Å²) in [5.41, 5.74) is 6.70. The first-order valence-electron chi connectivity index (χ1n) is 6.75. The van der Waals surface area contributed by atoms with Crippen molar-refractivity contribution in [3.8, 4) is 0 Å². The number of piperidine rings is 1. The lowest BCUT2D eigenvalue weighted by molar-refractivity contribution is -0.118. The van der Waals surface area contributed by atoms with Crippen molar-refractivity contribution in [1.29, 1.82) is 0 Å². The number of amidine groups is 1. The van der Waals surface area contributed by atoms with E-state index in [0.29, 0.717) is 18.4 Å². The Hall–Kier alpha value is -1.59. The van der Waals surface area contributed by atoms with E-state index < -0.39 is 0 Å². The first-order valence-corrected chi connectivity index (χ1v) is 6.75. The molecule has 0 aromatic heterocycles. The molecule has 0 aromatic carbocycles. The highest BCUT2D eigenvalue weighted by Crippen LogP contribution is 2.17. The summed E-state index contributed by atoms with van der Waals surface area (Å²) in [4.78, 5) is 22.8. The average Bonchev–Trinajstić information content (AvgIpc) is 2.42. The maximum absolute atomic E-state index is 11.9. The number of nitrogens with two attached hydrogens (primary N) is 1. The summed E-state index contributed by atoms with van der Waals surface area (Å²) >= 11 is 0. The van der Waals surface area contributed by atoms with Gasteiger partial charge in [-0.2, -0.15) is 4.99 Å². The number of carbonyl (C=O) groups excluding carboxylic acids is 1. The van der Waals surface area contributed by atoms with Crippen molar-refractivity contribution in [2.24, 2.45) is 21.6 Å². The largest absolute Gasteiger partial charge is 0.328 e. The molecule has 0 saturated carbocycles. The van der Waals surface area contributed by atoms with E-state index in [-0.39, 0.29) is 11.8 Å². The molecule has 1 atom stereocenters. The second-order valence-corrected chi connectivity index (χ2v) is 5.24. The minimum atomic E-state index is -0.275. The van der Waals surface area contributed by atoms with Crippen molar-refractivity contribution in [1.82, 2.24) is 4.90 Å². The molecular weight excluding hydrogens is 240 g/mol. The van der Waals surface area contributed by atoms with E-state index in [1.807, 2.05) is 24.3 Å². The smallest absolute Gasteiger partial charge is 0.260 e. The van der Waals surface area contributed by atoms with Crippen LogP contribution < -0.4 is 5.73 Å². The van der Waals surface area contributed by atoms with Gasteiger partial charge in [-0.15, -0.1) is 0 Å². The number of fused-ring (bicyclic) bond motifs is 1. The molecule has 0 aromatic rings. The molecule has 1 unspecified atom stereocenters. The number of amides is 1. The SMILES string of the molecule is NC1CCN(CC2=NC(=O)C3C=CC=CC3=N2)CC1. The Kier molecular flexibility index (Phi) is 3.40. The van der Waals surface area contributed by atoms with Gasteiger partial charge in [0.25, 0.3) is 5.91 Å². The number of allylic oxidation sites excluding steroid dienone is 3. The van der Waals surface area contributed by atoms with Gasteiger partial charge in [0.2, 0.25) is 0 Å². The summed E-state index contributed by atoms with van der Waals surface area (Å²) in [5.74, 6) is 0.254. The van der Waals surface area contributed by atoms with E-state index in [4.69, 9.17) is 5.73 Å². The fourth-order valence-corrected chi connectivity index (χ4v) is 2.60. The quantitative estimate of drug-likeness (QED) is 0.785. The molecule has 1 fully saturated rings. The molecule has 0 bridgehead atoms. The van der Waals surface area contributed by atoms with Gasteiger partial charge in [0.15, 0.2) is 0 Å². The number of hydrogen-bond acceptors (Lipinski definition) is 4. The summed E-state index contributed by atoms with van der Waals surface area (Å²) in [6, 6.07) is 0.313. The van der Waals surface area contributed by atoms with Gasteiger partial charge >= 0.3 is 0 Å². The summed E-state index contributed by atoms with van der Waals surface area (Å²) in [6.07, 6.45) is 9.52. The van der Waals surface area contributed by atoms with Gasteiger partial charge in [0.05, 0.1) is 12.3 Å². The molecule has 2 N–H and O–H groups in total. The molecule has 0 spiro atoms. The first kappa shape index (κ1) is 12.4. The van der Waals surface area contributed by atoms with Gasteiger partial charge in [-0.25, -0.2) is 4.99 Å². The molecule has 19 heavy (non-hydrogen) atoms. The molecule has 2 heterocycles. The monoisotopic (exact) mass is 258 g/mol. The molecule has 3 aliphatic rings. The first-order chi connectivity index (χ1) is 9.22. The van der Waals surface area contributed by atoms with Crippen LogP contribution in [0.15, 0.2) is 34.3 Å². The lowest BCUT2D eigenvalue weighted by Crippen LogP contribution is -2.42. The number of likely N-dealkylation sites (tertiary alicyclic amines) is 1. The highest BCUT2D eigenvalue weighted by Gasteiger charge is 2.27. The second kappa shape index (κ2) is 5.19. The van der Waals surface area contributed by atoms with E-state index in [2.05, 4.69) is 14.9 Å². The Balaban J connectivity index is 1.69. The van der Waals surface area contributed by atoms with Gasteiger partial charge in [0, 0.05) is 19.1 Å². The van der Waals surface area contributed by atoms with Crippen LogP contribution in [0, 0.1) is 5.92 Å². The van der Waals surface area contributed by atoms with Crippen LogP contribution in [-0.2, 0) is 4.79 Å². The number of carbonyl (C=O) groups is 1. The minimum absolute atomic E-state index is 0.102. The van der Waals surface area contributed by atoms with Crippen LogP contribution in [0.5, 0.6) is 0 Å². The highest BCUT2D eigenvalue weighted by atomic mass is 16.1. The lowest BCUT2D eigenvalue weighted by Gasteiger charge is -2.30. The fraction of sp³-hybridized carbons (Fsp3) is 0.500. The molecule has 1 amide bonds. The average molecular weight is 258 g/mol. The van der Waals surface area contributed by atoms with Crippen LogP contribution in [0.4, 0.5) is 0 Å². The van der Waals surface area contributed by atoms with Gasteiger partial charge in [0.1, 0.15) is 11.8 Å². The van der Waals surface area contributed by atoms with Crippen molar-refractivity contribution < 1.29 is 4.79 Å². The van der Waals surface area contributed by atoms with E-state index in [0.717, 1.165) is 31.6 Å². The number of aliphatic imine (C=N–C) groups is 2. The Morgan fingerprint density at radius 2 is 2.05 bits per heavy atom. The second-order valence-electron chi connectivity index (χ2n) is 5.24. The zero-order valence-corrected chi connectivity index (χ0v) is 10.8. The molecule has 1 saturated heterocycles. The Morgan fingerprint density at radius 3 is 2.84 bits per heavy atom. The van der Waals surface area contributed by atoms with Crippen LogP contribution in [0.25, 0.3) is 0 Å². The van der Waals surface area contributed by atoms with Gasteiger partial charge in [-0.1, -0.05) is 18.2 Å². The predicted molar refractivity (Wildman–Crippen MR) is 75.3 cm³/mol. The van der Waals surface area contributed by atoms with Crippen LogP contribution in [0.1, 0.15) is 12.8 Å². The topological polar surface area (TPSA) is 71.0 Å². The predicted octanol–water partition coefficient (Wildman–Crippen LogP) is 0.531. The molecule has 2 aliphatic heterocycles. The highest BCUT2D eigenvalue weighted by molar-refractivity contribution is 6.21. The van der Waals surface area contributed by atoms with Crippen molar-refractivity contribution in [2.75, 3.05) is 19.6 Å². The minimum Gasteiger partial charge on any atom is -0.328 e. The third kappa shape index (κ3) is 2.72. The summed E-state index contributed by atoms with van der Waals surface area (Å²) in [7, 11) is 0. The standard InChI is InChI=1S/C14H18N4O/c15-10-5-7-18(8-6-10)9-13-16-12-4-2-1-3-11(12)14(19)17-13/h1-4,10-11H,5-9,15H2. The van der Waals surface area contributed by atoms with Crippen molar-refractivity contribution in [3.63, 3.8) is 0 Å². The molecule has 5 heteroatoms. The molecule has 3 rings (SSSR count). The van der Waals surface area contributed by atoms with Gasteiger partial charge in [-0.3, -0.25) is 9.69 Å². The maximum atomic E-state index is 11.9. The van der Waals surface area contributed by atoms with Crippen LogP contribution in [0.3, 0.4) is 0 Å². The molecule has 0 radical (unpaired) electrons. The summed E-state index contributed by atoms with van der Waals surface area (Å²) in [6.45, 7) is 2.56. The Bertz CT molecular complexity index is 496. The normalized spacial score (nSPS) is 28.1. The van der Waals surface area contributed by atoms with Crippen LogP contribution in [-0.4, -0.2) is 48.0 Å². The van der Waals surface area contributed by atoms with E-state index >= 15 is 0 Å². The molecule has 5 nitrogen and oxygen atoms in total. The van der Waals surface area contributed by atoms with E-state index in [9.17, 15) is 4.79 Å². The Labute approximate surface area is 112 Å². The third-order valence-electron chi connectivity index (χ3n) is 3.76. The number of rotatable bonds is 2. The lowest BCUT2D eigenvalue weighted by atomic mass is 9.96. The van der Waals surface area contributed by atoms with Crippen LogP contribution >= 0.6 is 0 Å². The van der Waals surface area contributed by atoms with Gasteiger partial charge in [-0.05, 0) is 18.9 Å². The number of nitrogens with zero attached hydrogens (tertiary/aromatic N) is 3. The molecule has 100 valence electrons. The molecular formula is C14H18N4O. The van der Waals surface area contributed by atoms with Crippen molar-refractivity contribution in [3.05, 3.63) is 24.3 Å². The number of hydrogen-bond donors (Lipinski definition) is 1. The van der Waals surface area contributed by atoms with E-state index in [1.165, 1.54) is 0 Å².